The molecular formula is C20H23N3O3. The van der Waals surface area contributed by atoms with Crippen LogP contribution in [0.3, 0.4) is 0 Å². The molecule has 1 aliphatic heterocycles. The van der Waals surface area contributed by atoms with Crippen LogP contribution in [0, 0.1) is 22.7 Å². The first-order valence-electron chi connectivity index (χ1n) is 8.76. The van der Waals surface area contributed by atoms with Gasteiger partial charge < -0.3 is 14.4 Å². The van der Waals surface area contributed by atoms with Crippen molar-refractivity contribution in [3.8, 4) is 23.6 Å². The number of rotatable bonds is 8. The summed E-state index contributed by atoms with van der Waals surface area (Å²) in [5.74, 6) is 1.31. The topological polar surface area (TPSA) is 86.4 Å². The summed E-state index contributed by atoms with van der Waals surface area (Å²) >= 11 is 0. The van der Waals surface area contributed by atoms with Crippen LogP contribution in [0.4, 0.5) is 0 Å². The molecule has 0 saturated carbocycles. The van der Waals surface area contributed by atoms with E-state index in [9.17, 15) is 4.79 Å². The molecule has 0 bridgehead atoms. The number of hydrogen-bond donors (Lipinski definition) is 0. The van der Waals surface area contributed by atoms with E-state index in [2.05, 4.69) is 0 Å². The van der Waals surface area contributed by atoms with E-state index in [4.69, 9.17) is 20.0 Å². The summed E-state index contributed by atoms with van der Waals surface area (Å²) in [6.07, 6.45) is 4.60. The first kappa shape index (κ1) is 19.3. The van der Waals surface area contributed by atoms with Crippen molar-refractivity contribution in [3.63, 3.8) is 0 Å². The van der Waals surface area contributed by atoms with Crippen LogP contribution in [0.15, 0.2) is 18.2 Å². The molecule has 0 radical (unpaired) electrons. The van der Waals surface area contributed by atoms with Crippen molar-refractivity contribution in [1.29, 1.82) is 10.5 Å². The van der Waals surface area contributed by atoms with Gasteiger partial charge in [0.1, 0.15) is 17.6 Å². The zero-order valence-electron chi connectivity index (χ0n) is 15.2. The summed E-state index contributed by atoms with van der Waals surface area (Å²) in [4.78, 5) is 13.9. The Morgan fingerprint density at radius 2 is 2.04 bits per heavy atom. The van der Waals surface area contributed by atoms with Crippen LogP contribution >= 0.6 is 0 Å². The second-order valence-electron chi connectivity index (χ2n) is 6.04. The number of fused-ring (bicyclic) bond motifs is 1. The molecule has 26 heavy (non-hydrogen) atoms. The third-order valence-corrected chi connectivity index (χ3v) is 4.03. The Bertz CT molecular complexity index is 741. The normalized spacial score (nSPS) is 15.0. The monoisotopic (exact) mass is 353 g/mol. The van der Waals surface area contributed by atoms with E-state index in [1.54, 1.807) is 6.08 Å². The molecule has 1 amide bonds. The van der Waals surface area contributed by atoms with Gasteiger partial charge in [0.25, 0.3) is 0 Å². The highest BCUT2D eigenvalue weighted by molar-refractivity contribution is 5.92. The van der Waals surface area contributed by atoms with Crippen molar-refractivity contribution in [3.05, 3.63) is 29.3 Å². The van der Waals surface area contributed by atoms with Crippen molar-refractivity contribution >= 4 is 12.0 Å². The molecule has 136 valence electrons. The van der Waals surface area contributed by atoms with Gasteiger partial charge in [0.05, 0.1) is 31.6 Å². The highest BCUT2D eigenvalue weighted by Gasteiger charge is 2.21. The number of amides is 1. The molecule has 1 heterocycles. The number of benzene rings is 1. The third-order valence-electron chi connectivity index (χ3n) is 4.03. The van der Waals surface area contributed by atoms with Gasteiger partial charge in [-0.15, -0.1) is 0 Å². The van der Waals surface area contributed by atoms with E-state index in [1.165, 1.54) is 11.0 Å². The summed E-state index contributed by atoms with van der Waals surface area (Å²) in [5, 5.41) is 17.5. The lowest BCUT2D eigenvalue weighted by atomic mass is 10.1. The Morgan fingerprint density at radius 1 is 1.35 bits per heavy atom. The average Bonchev–Trinajstić information content (AvgIpc) is 2.98. The predicted molar refractivity (Wildman–Crippen MR) is 97.5 cm³/mol. The molecule has 0 aliphatic carbocycles. The minimum atomic E-state index is -0.229. The summed E-state index contributed by atoms with van der Waals surface area (Å²) in [7, 11) is 0. The van der Waals surface area contributed by atoms with Gasteiger partial charge in [-0.3, -0.25) is 4.79 Å². The van der Waals surface area contributed by atoms with Crippen LogP contribution in [0.5, 0.6) is 11.5 Å². The lowest BCUT2D eigenvalue weighted by Crippen LogP contribution is -2.31. The largest absolute Gasteiger partial charge is 0.493 e. The third kappa shape index (κ3) is 5.00. The molecule has 2 rings (SSSR count). The molecule has 1 aliphatic rings. The zero-order chi connectivity index (χ0) is 18.9. The maximum absolute atomic E-state index is 12.4. The van der Waals surface area contributed by atoms with Gasteiger partial charge in [0, 0.05) is 36.7 Å². The van der Waals surface area contributed by atoms with Crippen LogP contribution in [0.1, 0.15) is 37.8 Å². The number of ether oxygens (including phenoxy) is 2. The van der Waals surface area contributed by atoms with E-state index in [-0.39, 0.29) is 24.9 Å². The van der Waals surface area contributed by atoms with Crippen molar-refractivity contribution < 1.29 is 14.3 Å². The highest BCUT2D eigenvalue weighted by Crippen LogP contribution is 2.35. The summed E-state index contributed by atoms with van der Waals surface area (Å²) in [5.41, 5.74) is 1.88. The maximum Gasteiger partial charge on any atom is 0.246 e. The number of carbonyl (C=O) groups is 1. The summed E-state index contributed by atoms with van der Waals surface area (Å²) in [6, 6.07) is 7.91. The van der Waals surface area contributed by atoms with Gasteiger partial charge in [-0.05, 0) is 32.1 Å². The number of carbonyl (C=O) groups excluding carboxylic acids is 1. The fourth-order valence-corrected chi connectivity index (χ4v) is 2.83. The lowest BCUT2D eigenvalue weighted by Gasteiger charge is -2.18. The highest BCUT2D eigenvalue weighted by atomic mass is 16.5. The minimum Gasteiger partial charge on any atom is -0.493 e. The lowest BCUT2D eigenvalue weighted by molar-refractivity contribution is -0.125. The zero-order valence-corrected chi connectivity index (χ0v) is 15.2. The predicted octanol–water partition coefficient (Wildman–Crippen LogP) is 3.08. The molecule has 6 heteroatoms. The first-order valence-corrected chi connectivity index (χ1v) is 8.76. The molecule has 0 spiro atoms. The molecule has 0 N–H and O–H groups in total. The Kier molecular flexibility index (Phi) is 7.05. The molecule has 1 unspecified atom stereocenters. The van der Waals surface area contributed by atoms with E-state index >= 15 is 0 Å². The van der Waals surface area contributed by atoms with Crippen molar-refractivity contribution in [2.45, 2.75) is 39.2 Å². The van der Waals surface area contributed by atoms with Crippen molar-refractivity contribution in [1.82, 2.24) is 4.90 Å². The van der Waals surface area contributed by atoms with E-state index < -0.39 is 0 Å². The smallest absolute Gasteiger partial charge is 0.246 e. The molecule has 0 fully saturated rings. The Balaban J connectivity index is 2.19. The van der Waals surface area contributed by atoms with Gasteiger partial charge >= 0.3 is 0 Å². The second kappa shape index (κ2) is 9.48. The summed E-state index contributed by atoms with van der Waals surface area (Å²) in [6.45, 7) is 5.08. The molecule has 1 atom stereocenters. The van der Waals surface area contributed by atoms with Crippen LogP contribution in [0.25, 0.3) is 6.08 Å². The van der Waals surface area contributed by atoms with E-state index in [1.807, 2.05) is 38.1 Å². The molecule has 1 aromatic carbocycles. The number of nitrogens with zero attached hydrogens (tertiary/aromatic N) is 3. The van der Waals surface area contributed by atoms with Crippen molar-refractivity contribution in [2.75, 3.05) is 19.7 Å². The standard InChI is InChI=1S/C20H23N3O3/c1-3-25-18-14-17-12-15(2)26-19(17)13-16(18)6-7-20(24)23(10-4-8-21)11-5-9-22/h6-7,13-15H,3-5,10-12H2,1-2H3/b7-6+. The van der Waals surface area contributed by atoms with Crippen LogP contribution in [-0.4, -0.2) is 36.6 Å². The van der Waals surface area contributed by atoms with Gasteiger partial charge in [-0.1, -0.05) is 0 Å². The van der Waals surface area contributed by atoms with Crippen LogP contribution < -0.4 is 9.47 Å². The van der Waals surface area contributed by atoms with Gasteiger partial charge in [-0.2, -0.15) is 10.5 Å². The maximum atomic E-state index is 12.4. The molecule has 1 aromatic rings. The molecular weight excluding hydrogens is 330 g/mol. The molecule has 6 nitrogen and oxygen atoms in total. The van der Waals surface area contributed by atoms with Crippen LogP contribution in [-0.2, 0) is 11.2 Å². The van der Waals surface area contributed by atoms with E-state index in [0.29, 0.717) is 25.4 Å². The SMILES string of the molecule is CCOc1cc2c(cc1/C=C/C(=O)N(CCC#N)CCC#N)OC(C)C2. The molecule has 0 aromatic heterocycles. The fourth-order valence-electron chi connectivity index (χ4n) is 2.83. The number of hydrogen-bond acceptors (Lipinski definition) is 5. The fraction of sp³-hybridized carbons (Fsp3) is 0.450. The van der Waals surface area contributed by atoms with Crippen LogP contribution in [0.2, 0.25) is 0 Å². The Hall–Kier alpha value is -2.99. The number of nitriles is 2. The second-order valence-corrected chi connectivity index (χ2v) is 6.04. The van der Waals surface area contributed by atoms with E-state index in [0.717, 1.165) is 23.3 Å². The first-order chi connectivity index (χ1) is 12.6. The summed E-state index contributed by atoms with van der Waals surface area (Å²) < 4.78 is 11.5. The average molecular weight is 353 g/mol. The van der Waals surface area contributed by atoms with Gasteiger partial charge in [0.15, 0.2) is 0 Å². The quantitative estimate of drug-likeness (QED) is 0.670. The Morgan fingerprint density at radius 3 is 2.65 bits per heavy atom. The van der Waals surface area contributed by atoms with Crippen molar-refractivity contribution in [2.24, 2.45) is 0 Å². The van der Waals surface area contributed by atoms with Gasteiger partial charge in [0.2, 0.25) is 5.91 Å². The molecule has 0 saturated heterocycles. The van der Waals surface area contributed by atoms with Gasteiger partial charge in [-0.25, -0.2) is 0 Å². The minimum absolute atomic E-state index is 0.132. The Labute approximate surface area is 154 Å².